The molecule has 16 heavy (non-hydrogen) atoms. The van der Waals surface area contributed by atoms with Gasteiger partial charge in [0.2, 0.25) is 0 Å². The van der Waals surface area contributed by atoms with Crippen molar-refractivity contribution < 1.29 is 9.47 Å². The monoisotopic (exact) mass is 223 g/mol. The first-order valence-electron chi connectivity index (χ1n) is 5.44. The molecular formula is C11H17N3O2. The summed E-state index contributed by atoms with van der Waals surface area (Å²) in [6.07, 6.45) is 1.67. The first-order valence-corrected chi connectivity index (χ1v) is 5.44. The van der Waals surface area contributed by atoms with Gasteiger partial charge in [0.15, 0.2) is 5.79 Å². The molecule has 1 fully saturated rings. The predicted molar refractivity (Wildman–Crippen MR) is 58.6 cm³/mol. The van der Waals surface area contributed by atoms with Gasteiger partial charge in [-0.2, -0.15) is 10.2 Å². The lowest BCUT2D eigenvalue weighted by molar-refractivity contribution is -0.253. The molecule has 0 aliphatic carbocycles. The number of nitrogens with zero attached hydrogens (tertiary/aromatic N) is 2. The number of nitrogens with one attached hydrogen (secondary N) is 1. The summed E-state index contributed by atoms with van der Waals surface area (Å²) < 4.78 is 11.1. The molecule has 1 aromatic rings. The first kappa shape index (κ1) is 11.4. The van der Waals surface area contributed by atoms with Crippen LogP contribution in [0.25, 0.3) is 0 Å². The second-order valence-electron chi connectivity index (χ2n) is 4.31. The Labute approximate surface area is 95.2 Å². The highest BCUT2D eigenvalue weighted by Crippen LogP contribution is 2.16. The minimum atomic E-state index is -0.454. The Morgan fingerprint density at radius 3 is 2.81 bits per heavy atom. The highest BCUT2D eigenvalue weighted by Gasteiger charge is 2.27. The van der Waals surface area contributed by atoms with E-state index in [1.54, 1.807) is 6.20 Å². The lowest BCUT2D eigenvalue weighted by Crippen LogP contribution is -2.48. The molecule has 0 amide bonds. The van der Waals surface area contributed by atoms with Crippen LogP contribution in [0.5, 0.6) is 0 Å². The summed E-state index contributed by atoms with van der Waals surface area (Å²) in [6, 6.07) is 4.03. The van der Waals surface area contributed by atoms with Gasteiger partial charge in [0, 0.05) is 12.7 Å². The van der Waals surface area contributed by atoms with Gasteiger partial charge in [-0.3, -0.25) is 0 Å². The second-order valence-corrected chi connectivity index (χ2v) is 4.31. The molecule has 5 heteroatoms. The van der Waals surface area contributed by atoms with E-state index in [0.717, 1.165) is 5.69 Å². The van der Waals surface area contributed by atoms with Crippen LogP contribution in [0.1, 0.15) is 19.5 Å². The van der Waals surface area contributed by atoms with E-state index in [-0.39, 0.29) is 6.04 Å². The molecule has 1 aromatic heterocycles. The molecule has 88 valence electrons. The molecule has 1 aliphatic heterocycles. The normalized spacial score (nSPS) is 20.9. The van der Waals surface area contributed by atoms with Gasteiger partial charge in [0.05, 0.1) is 24.9 Å². The molecule has 0 aromatic carbocycles. The summed E-state index contributed by atoms with van der Waals surface area (Å²) in [4.78, 5) is 0. The van der Waals surface area contributed by atoms with Gasteiger partial charge in [-0.15, -0.1) is 0 Å². The maximum absolute atomic E-state index is 5.55. The Balaban J connectivity index is 1.76. The molecule has 0 spiro atoms. The van der Waals surface area contributed by atoms with Crippen LogP contribution in [0.2, 0.25) is 0 Å². The van der Waals surface area contributed by atoms with Crippen molar-refractivity contribution in [2.24, 2.45) is 0 Å². The van der Waals surface area contributed by atoms with Crippen LogP contribution in [-0.4, -0.2) is 35.2 Å². The van der Waals surface area contributed by atoms with Gasteiger partial charge in [0.25, 0.3) is 0 Å². The van der Waals surface area contributed by atoms with Crippen molar-refractivity contribution in [2.45, 2.75) is 32.2 Å². The number of hydrogen-bond donors (Lipinski definition) is 1. The summed E-state index contributed by atoms with van der Waals surface area (Å²) in [5.74, 6) is -0.454. The standard InChI is InChI=1S/C11H17N3O2/c1-11(2)15-7-10(8-16-11)12-6-9-4-3-5-13-14-9/h3-5,10,12H,6-8H2,1-2H3. The molecular weight excluding hydrogens is 206 g/mol. The summed E-state index contributed by atoms with van der Waals surface area (Å²) >= 11 is 0. The fourth-order valence-corrected chi connectivity index (χ4v) is 1.49. The molecule has 0 radical (unpaired) electrons. The van der Waals surface area contributed by atoms with E-state index < -0.39 is 5.79 Å². The Kier molecular flexibility index (Phi) is 3.48. The molecule has 5 nitrogen and oxygen atoms in total. The highest BCUT2D eigenvalue weighted by molar-refractivity contribution is 4.98. The molecule has 0 atom stereocenters. The van der Waals surface area contributed by atoms with Gasteiger partial charge in [0.1, 0.15) is 0 Å². The van der Waals surface area contributed by atoms with Crippen molar-refractivity contribution in [3.05, 3.63) is 24.0 Å². The van der Waals surface area contributed by atoms with Gasteiger partial charge >= 0.3 is 0 Å². The number of ether oxygens (including phenoxy) is 2. The Bertz CT molecular complexity index is 319. The van der Waals surface area contributed by atoms with Gasteiger partial charge in [-0.1, -0.05) is 0 Å². The van der Waals surface area contributed by atoms with Crippen molar-refractivity contribution in [2.75, 3.05) is 13.2 Å². The van der Waals surface area contributed by atoms with Crippen molar-refractivity contribution in [1.82, 2.24) is 15.5 Å². The van der Waals surface area contributed by atoms with Crippen LogP contribution < -0.4 is 5.32 Å². The third-order valence-corrected chi connectivity index (χ3v) is 2.46. The topological polar surface area (TPSA) is 56.3 Å². The first-order chi connectivity index (χ1) is 7.66. The van der Waals surface area contributed by atoms with Crippen LogP contribution in [-0.2, 0) is 16.0 Å². The van der Waals surface area contributed by atoms with Crippen LogP contribution in [0.15, 0.2) is 18.3 Å². The van der Waals surface area contributed by atoms with Crippen molar-refractivity contribution in [1.29, 1.82) is 0 Å². The third-order valence-electron chi connectivity index (χ3n) is 2.46. The smallest absolute Gasteiger partial charge is 0.162 e. The zero-order valence-corrected chi connectivity index (χ0v) is 9.64. The summed E-state index contributed by atoms with van der Waals surface area (Å²) in [7, 11) is 0. The quantitative estimate of drug-likeness (QED) is 0.818. The maximum atomic E-state index is 5.55. The lowest BCUT2D eigenvalue weighted by atomic mass is 10.2. The Morgan fingerprint density at radius 1 is 1.44 bits per heavy atom. The SMILES string of the molecule is CC1(C)OCC(NCc2cccnn2)CO1. The summed E-state index contributed by atoms with van der Waals surface area (Å²) in [5.41, 5.74) is 0.923. The molecule has 0 bridgehead atoms. The van der Waals surface area contributed by atoms with E-state index in [1.807, 2.05) is 26.0 Å². The van der Waals surface area contributed by atoms with Crippen molar-refractivity contribution >= 4 is 0 Å². The number of hydrogen-bond acceptors (Lipinski definition) is 5. The van der Waals surface area contributed by atoms with Gasteiger partial charge < -0.3 is 14.8 Å². The average molecular weight is 223 g/mol. The van der Waals surface area contributed by atoms with Crippen LogP contribution in [0.4, 0.5) is 0 Å². The van der Waals surface area contributed by atoms with E-state index in [9.17, 15) is 0 Å². The van der Waals surface area contributed by atoms with E-state index in [2.05, 4.69) is 15.5 Å². The minimum absolute atomic E-state index is 0.218. The van der Waals surface area contributed by atoms with Crippen LogP contribution in [0.3, 0.4) is 0 Å². The van der Waals surface area contributed by atoms with Gasteiger partial charge in [-0.05, 0) is 26.0 Å². The van der Waals surface area contributed by atoms with E-state index >= 15 is 0 Å². The molecule has 2 rings (SSSR count). The fraction of sp³-hybridized carbons (Fsp3) is 0.636. The largest absolute Gasteiger partial charge is 0.349 e. The van der Waals surface area contributed by atoms with E-state index in [0.29, 0.717) is 19.8 Å². The predicted octanol–water partition coefficient (Wildman–Crippen LogP) is 0.718. The summed E-state index contributed by atoms with van der Waals surface area (Å²) in [6.45, 7) is 5.85. The van der Waals surface area contributed by atoms with Gasteiger partial charge in [-0.25, -0.2) is 0 Å². The summed E-state index contributed by atoms with van der Waals surface area (Å²) in [5, 5.41) is 11.1. The molecule has 1 N–H and O–H groups in total. The third kappa shape index (κ3) is 3.23. The zero-order valence-electron chi connectivity index (χ0n) is 9.64. The minimum Gasteiger partial charge on any atom is -0.349 e. The van der Waals surface area contributed by atoms with E-state index in [1.165, 1.54) is 0 Å². The van der Waals surface area contributed by atoms with Crippen LogP contribution in [0, 0.1) is 0 Å². The molecule has 2 heterocycles. The second kappa shape index (κ2) is 4.86. The fourth-order valence-electron chi connectivity index (χ4n) is 1.49. The van der Waals surface area contributed by atoms with Crippen molar-refractivity contribution in [3.8, 4) is 0 Å². The highest BCUT2D eigenvalue weighted by atomic mass is 16.7. The zero-order chi connectivity index (χ0) is 11.4. The lowest BCUT2D eigenvalue weighted by Gasteiger charge is -2.35. The average Bonchev–Trinajstić information content (AvgIpc) is 2.29. The number of aromatic nitrogens is 2. The molecule has 0 unspecified atom stereocenters. The molecule has 0 saturated carbocycles. The number of rotatable bonds is 3. The molecule has 1 saturated heterocycles. The van der Waals surface area contributed by atoms with Crippen molar-refractivity contribution in [3.63, 3.8) is 0 Å². The molecule has 1 aliphatic rings. The maximum Gasteiger partial charge on any atom is 0.162 e. The Morgan fingerprint density at radius 2 is 2.19 bits per heavy atom. The Hall–Kier alpha value is -1.04. The van der Waals surface area contributed by atoms with Crippen LogP contribution >= 0.6 is 0 Å². The van der Waals surface area contributed by atoms with E-state index in [4.69, 9.17) is 9.47 Å².